The number of aliphatic hydroxyl groups is 1. The Hall–Kier alpha value is -0.813. The molecule has 1 aromatic rings. The summed E-state index contributed by atoms with van der Waals surface area (Å²) in [4.78, 5) is 0.193. The molecule has 1 heterocycles. The van der Waals surface area contributed by atoms with Gasteiger partial charge in [0.2, 0.25) is 10.0 Å². The fourth-order valence-electron chi connectivity index (χ4n) is 3.19. The van der Waals surface area contributed by atoms with Crippen molar-refractivity contribution in [1.29, 1.82) is 0 Å². The lowest BCUT2D eigenvalue weighted by molar-refractivity contribution is -0.149. The predicted molar refractivity (Wildman–Crippen MR) is 124 cm³/mol. The van der Waals surface area contributed by atoms with Crippen molar-refractivity contribution in [3.8, 4) is 0 Å². The highest BCUT2D eigenvalue weighted by Gasteiger charge is 2.45. The van der Waals surface area contributed by atoms with Crippen LogP contribution in [0.3, 0.4) is 0 Å². The van der Waals surface area contributed by atoms with Gasteiger partial charge in [-0.1, -0.05) is 38.5 Å². The lowest BCUT2D eigenvalue weighted by Crippen LogP contribution is -2.47. The van der Waals surface area contributed by atoms with Crippen molar-refractivity contribution in [2.75, 3.05) is 26.3 Å². The van der Waals surface area contributed by atoms with Crippen molar-refractivity contribution in [2.24, 2.45) is 0 Å². The molecular weight excluding hydrogens is 434 g/mol. The molecule has 31 heavy (non-hydrogen) atoms. The van der Waals surface area contributed by atoms with Crippen molar-refractivity contribution >= 4 is 18.3 Å². The van der Waals surface area contributed by atoms with Gasteiger partial charge >= 0.3 is 0 Å². The Kier molecular flexibility index (Phi) is 8.17. The summed E-state index contributed by atoms with van der Waals surface area (Å²) in [6.45, 7) is 16.5. The van der Waals surface area contributed by atoms with Crippen LogP contribution in [0.2, 0.25) is 18.1 Å². The molecule has 1 aliphatic rings. The minimum Gasteiger partial charge on any atom is -0.414 e. The smallest absolute Gasteiger partial charge is 0.243 e. The molecule has 9 heteroatoms. The van der Waals surface area contributed by atoms with Gasteiger partial charge in [0, 0.05) is 13.1 Å². The molecule has 0 radical (unpaired) electrons. The van der Waals surface area contributed by atoms with Crippen LogP contribution < -0.4 is 0 Å². The molecule has 0 saturated carbocycles. The Morgan fingerprint density at radius 1 is 1.13 bits per heavy atom. The average molecular weight is 474 g/mol. The molecule has 1 aromatic carbocycles. The van der Waals surface area contributed by atoms with Crippen molar-refractivity contribution in [3.05, 3.63) is 29.8 Å². The van der Waals surface area contributed by atoms with E-state index in [2.05, 4.69) is 33.9 Å². The molecule has 1 fully saturated rings. The second-order valence-electron chi connectivity index (χ2n) is 10.2. The molecule has 178 valence electrons. The summed E-state index contributed by atoms with van der Waals surface area (Å²) >= 11 is 0. The summed E-state index contributed by atoms with van der Waals surface area (Å²) in [5.74, 6) is -0.843. The van der Waals surface area contributed by atoms with Gasteiger partial charge in [0.05, 0.1) is 18.1 Å². The zero-order chi connectivity index (χ0) is 23.7. The molecule has 1 aliphatic heterocycles. The Morgan fingerprint density at radius 2 is 1.68 bits per heavy atom. The number of benzene rings is 1. The zero-order valence-corrected chi connectivity index (χ0v) is 22.0. The third-order valence-electron chi connectivity index (χ3n) is 6.09. The Bertz CT molecular complexity index is 833. The fraction of sp³-hybridized carbons (Fsp3) is 0.727. The molecule has 1 N–H and O–H groups in total. The third kappa shape index (κ3) is 6.60. The van der Waals surface area contributed by atoms with Gasteiger partial charge in [0.25, 0.3) is 0 Å². The summed E-state index contributed by atoms with van der Waals surface area (Å²) in [7, 11) is -5.79. The topological polar surface area (TPSA) is 85.3 Å². The van der Waals surface area contributed by atoms with Gasteiger partial charge in [-0.05, 0) is 51.0 Å². The standard InChI is InChI=1S/C22H39NO6SSi/c1-17-9-11-18(12-10-17)30(25,26)23(13-14-24)15-19-20(29-22(5,6)28-19)16-27-31(7,8)21(2,3)4/h9-12,19-20,24H,13-16H2,1-8H3/t19-,20+/m1/s1. The first-order valence-electron chi connectivity index (χ1n) is 10.8. The Balaban J connectivity index is 2.22. The van der Waals surface area contributed by atoms with Gasteiger partial charge in [0.1, 0.15) is 12.2 Å². The molecule has 0 aromatic heterocycles. The van der Waals surface area contributed by atoms with Crippen molar-refractivity contribution in [2.45, 2.75) is 82.6 Å². The molecule has 2 atom stereocenters. The highest BCUT2D eigenvalue weighted by Crippen LogP contribution is 2.38. The first kappa shape index (κ1) is 26.4. The van der Waals surface area contributed by atoms with Gasteiger partial charge in [-0.15, -0.1) is 0 Å². The van der Waals surface area contributed by atoms with Gasteiger partial charge in [-0.25, -0.2) is 8.42 Å². The van der Waals surface area contributed by atoms with E-state index in [0.29, 0.717) is 6.61 Å². The molecule has 0 spiro atoms. The number of rotatable bonds is 9. The quantitative estimate of drug-likeness (QED) is 0.553. The second kappa shape index (κ2) is 9.58. The number of sulfonamides is 1. The SMILES string of the molecule is Cc1ccc(S(=O)(=O)N(CCO)C[C@H]2OC(C)(C)O[C@H]2CO[Si](C)(C)C(C)(C)C)cc1. The summed E-state index contributed by atoms with van der Waals surface area (Å²) in [5, 5.41) is 9.59. The van der Waals surface area contributed by atoms with Gasteiger partial charge in [-0.2, -0.15) is 4.31 Å². The molecule has 0 aliphatic carbocycles. The zero-order valence-electron chi connectivity index (χ0n) is 20.1. The van der Waals surface area contributed by atoms with Crippen LogP contribution in [0, 0.1) is 6.92 Å². The summed E-state index contributed by atoms with van der Waals surface area (Å²) < 4.78 is 46.2. The van der Waals surface area contributed by atoms with E-state index in [0.717, 1.165) is 5.56 Å². The summed E-state index contributed by atoms with van der Waals surface area (Å²) in [6.07, 6.45) is -0.912. The molecule has 0 bridgehead atoms. The van der Waals surface area contributed by atoms with E-state index in [9.17, 15) is 13.5 Å². The summed E-state index contributed by atoms with van der Waals surface area (Å²) in [6, 6.07) is 6.70. The Morgan fingerprint density at radius 3 is 2.19 bits per heavy atom. The number of ether oxygens (including phenoxy) is 2. The van der Waals surface area contributed by atoms with Crippen LogP contribution in [0.15, 0.2) is 29.2 Å². The van der Waals surface area contributed by atoms with Crippen LogP contribution in [0.1, 0.15) is 40.2 Å². The first-order chi connectivity index (χ1) is 14.1. The maximum Gasteiger partial charge on any atom is 0.243 e. The van der Waals surface area contributed by atoms with Crippen molar-refractivity contribution in [1.82, 2.24) is 4.31 Å². The second-order valence-corrected chi connectivity index (χ2v) is 16.9. The minimum atomic E-state index is -3.79. The van der Waals surface area contributed by atoms with E-state index in [1.165, 1.54) is 4.31 Å². The van der Waals surface area contributed by atoms with Gasteiger partial charge in [-0.3, -0.25) is 0 Å². The molecule has 1 saturated heterocycles. The van der Waals surface area contributed by atoms with E-state index in [4.69, 9.17) is 13.9 Å². The number of aryl methyl sites for hydroxylation is 1. The van der Waals surface area contributed by atoms with E-state index in [1.54, 1.807) is 24.3 Å². The maximum absolute atomic E-state index is 13.2. The Labute approximate surface area is 188 Å². The average Bonchev–Trinajstić information content (AvgIpc) is 2.92. The number of nitrogens with zero attached hydrogens (tertiary/aromatic N) is 1. The van der Waals surface area contributed by atoms with E-state index >= 15 is 0 Å². The van der Waals surface area contributed by atoms with Crippen molar-refractivity contribution in [3.63, 3.8) is 0 Å². The first-order valence-corrected chi connectivity index (χ1v) is 15.1. The molecule has 0 amide bonds. The van der Waals surface area contributed by atoms with E-state index in [1.807, 2.05) is 20.8 Å². The van der Waals surface area contributed by atoms with Crippen LogP contribution >= 0.6 is 0 Å². The largest absolute Gasteiger partial charge is 0.414 e. The van der Waals surface area contributed by atoms with E-state index < -0.39 is 36.3 Å². The number of aliphatic hydroxyl groups excluding tert-OH is 1. The maximum atomic E-state index is 13.2. The van der Waals surface area contributed by atoms with Gasteiger partial charge < -0.3 is 19.0 Å². The van der Waals surface area contributed by atoms with Crippen molar-refractivity contribution < 1.29 is 27.4 Å². The molecule has 7 nitrogen and oxygen atoms in total. The molecular formula is C22H39NO6SSi. The van der Waals surface area contributed by atoms with Crippen LogP contribution in [0.4, 0.5) is 0 Å². The van der Waals surface area contributed by atoms with Crippen LogP contribution in [-0.2, 0) is 23.9 Å². The molecule has 2 rings (SSSR count). The normalized spacial score (nSPS) is 22.3. The number of hydrogen-bond acceptors (Lipinski definition) is 6. The van der Waals surface area contributed by atoms with Crippen LogP contribution in [-0.4, -0.2) is 70.4 Å². The number of hydrogen-bond donors (Lipinski definition) is 1. The highest BCUT2D eigenvalue weighted by atomic mass is 32.2. The summed E-state index contributed by atoms with van der Waals surface area (Å²) in [5.41, 5.74) is 0.977. The fourth-order valence-corrected chi connectivity index (χ4v) is 5.65. The minimum absolute atomic E-state index is 0.0215. The lowest BCUT2D eigenvalue weighted by Gasteiger charge is -2.37. The highest BCUT2D eigenvalue weighted by molar-refractivity contribution is 7.89. The van der Waals surface area contributed by atoms with Crippen LogP contribution in [0.5, 0.6) is 0 Å². The van der Waals surface area contributed by atoms with Crippen LogP contribution in [0.25, 0.3) is 0 Å². The monoisotopic (exact) mass is 473 g/mol. The van der Waals surface area contributed by atoms with Gasteiger partial charge in [0.15, 0.2) is 14.1 Å². The van der Waals surface area contributed by atoms with E-state index in [-0.39, 0.29) is 29.6 Å². The predicted octanol–water partition coefficient (Wildman–Crippen LogP) is 3.52. The molecule has 0 unspecified atom stereocenters. The lowest BCUT2D eigenvalue weighted by atomic mass is 10.2. The third-order valence-corrected chi connectivity index (χ3v) is 12.5.